The van der Waals surface area contributed by atoms with Crippen molar-refractivity contribution in [1.82, 2.24) is 10.2 Å². The van der Waals surface area contributed by atoms with Gasteiger partial charge in [-0.15, -0.1) is 10.2 Å². The Morgan fingerprint density at radius 2 is 1.32 bits per heavy atom. The van der Waals surface area contributed by atoms with Gasteiger partial charge in [-0.3, -0.25) is 14.5 Å². The Balaban J connectivity index is 1.35. The monoisotopic (exact) mass is 520 g/mol. The molecule has 1 atom stereocenters. The van der Waals surface area contributed by atoms with Crippen LogP contribution in [0.15, 0.2) is 125 Å². The van der Waals surface area contributed by atoms with Crippen molar-refractivity contribution in [3.05, 3.63) is 121 Å². The van der Waals surface area contributed by atoms with E-state index in [0.717, 1.165) is 11.4 Å². The third kappa shape index (κ3) is 5.66. The highest BCUT2D eigenvalue weighted by atomic mass is 32.2. The maximum atomic E-state index is 13.6. The average molecular weight is 521 g/mol. The number of amides is 2. The van der Waals surface area contributed by atoms with Gasteiger partial charge in [0.2, 0.25) is 5.91 Å². The van der Waals surface area contributed by atoms with Gasteiger partial charge in [-0.05, 0) is 55.5 Å². The molecule has 5 aromatic rings. The molecular formula is C30H24N4O3S. The molecule has 5 rings (SSSR count). The van der Waals surface area contributed by atoms with E-state index in [4.69, 9.17) is 4.42 Å². The van der Waals surface area contributed by atoms with Crippen LogP contribution in [0.3, 0.4) is 0 Å². The second-order valence-electron chi connectivity index (χ2n) is 8.34. The van der Waals surface area contributed by atoms with E-state index in [1.807, 2.05) is 97.9 Å². The molecule has 1 aromatic heterocycles. The molecule has 8 heteroatoms. The van der Waals surface area contributed by atoms with E-state index in [2.05, 4.69) is 15.5 Å². The minimum atomic E-state index is -0.517. The molecule has 1 heterocycles. The number of carbonyl (C=O) groups is 2. The summed E-state index contributed by atoms with van der Waals surface area (Å²) in [5, 5.41) is 11.0. The number of para-hydroxylation sites is 3. The summed E-state index contributed by atoms with van der Waals surface area (Å²) in [4.78, 5) is 28.0. The van der Waals surface area contributed by atoms with E-state index in [0.29, 0.717) is 16.8 Å². The van der Waals surface area contributed by atoms with Crippen LogP contribution in [0.2, 0.25) is 0 Å². The van der Waals surface area contributed by atoms with Crippen LogP contribution in [0.25, 0.3) is 11.5 Å². The second-order valence-corrected chi connectivity index (χ2v) is 9.64. The number of anilines is 3. The summed E-state index contributed by atoms with van der Waals surface area (Å²) < 4.78 is 5.93. The summed E-state index contributed by atoms with van der Waals surface area (Å²) in [5.41, 5.74) is 3.21. The van der Waals surface area contributed by atoms with Crippen molar-refractivity contribution in [2.45, 2.75) is 17.4 Å². The van der Waals surface area contributed by atoms with Crippen LogP contribution in [0, 0.1) is 0 Å². The summed E-state index contributed by atoms with van der Waals surface area (Å²) in [6.07, 6.45) is 0. The van der Waals surface area contributed by atoms with Gasteiger partial charge in [0, 0.05) is 16.9 Å². The summed E-state index contributed by atoms with van der Waals surface area (Å²) in [6, 6.07) is 35.2. The highest BCUT2D eigenvalue weighted by molar-refractivity contribution is 8.00. The van der Waals surface area contributed by atoms with Crippen LogP contribution in [0.5, 0.6) is 0 Å². The van der Waals surface area contributed by atoms with Crippen molar-refractivity contribution < 1.29 is 14.0 Å². The zero-order chi connectivity index (χ0) is 26.3. The molecule has 2 amide bonds. The van der Waals surface area contributed by atoms with Crippen molar-refractivity contribution in [3.63, 3.8) is 0 Å². The highest BCUT2D eigenvalue weighted by Crippen LogP contribution is 2.33. The topological polar surface area (TPSA) is 88.3 Å². The number of nitrogens with zero attached hydrogens (tertiary/aromatic N) is 3. The molecule has 0 fully saturated rings. The zero-order valence-electron chi connectivity index (χ0n) is 20.5. The van der Waals surface area contributed by atoms with Crippen molar-refractivity contribution >= 4 is 40.6 Å². The molecule has 0 bridgehead atoms. The Kier molecular flexibility index (Phi) is 7.61. The third-order valence-corrected chi connectivity index (χ3v) is 6.64. The van der Waals surface area contributed by atoms with Gasteiger partial charge < -0.3 is 9.73 Å². The Bertz CT molecular complexity index is 1490. The molecule has 188 valence electrons. The first-order valence-corrected chi connectivity index (χ1v) is 12.9. The summed E-state index contributed by atoms with van der Waals surface area (Å²) >= 11 is 1.18. The molecule has 0 unspecified atom stereocenters. The summed E-state index contributed by atoms with van der Waals surface area (Å²) in [7, 11) is 0. The van der Waals surface area contributed by atoms with Crippen LogP contribution in [-0.2, 0) is 4.79 Å². The van der Waals surface area contributed by atoms with E-state index < -0.39 is 5.25 Å². The minimum Gasteiger partial charge on any atom is -0.411 e. The molecule has 0 aliphatic heterocycles. The number of rotatable bonds is 8. The van der Waals surface area contributed by atoms with Crippen LogP contribution in [0.1, 0.15) is 17.3 Å². The van der Waals surface area contributed by atoms with Gasteiger partial charge in [0.25, 0.3) is 17.0 Å². The number of hydrogen-bond acceptors (Lipinski definition) is 6. The Labute approximate surface area is 224 Å². The number of nitrogens with one attached hydrogen (secondary N) is 1. The SMILES string of the molecule is C[C@H](Sc1nnc(-c2ccccc2NC(=O)c2ccccc2)o1)C(=O)N(c1ccccc1)c1ccccc1. The largest absolute Gasteiger partial charge is 0.411 e. The molecular weight excluding hydrogens is 496 g/mol. The van der Waals surface area contributed by atoms with Gasteiger partial charge in [-0.25, -0.2) is 0 Å². The predicted molar refractivity (Wildman–Crippen MR) is 149 cm³/mol. The predicted octanol–water partition coefficient (Wildman–Crippen LogP) is 6.83. The molecule has 0 saturated heterocycles. The first-order chi connectivity index (χ1) is 18.6. The highest BCUT2D eigenvalue weighted by Gasteiger charge is 2.26. The van der Waals surface area contributed by atoms with E-state index in [9.17, 15) is 9.59 Å². The quantitative estimate of drug-likeness (QED) is 0.226. The lowest BCUT2D eigenvalue weighted by molar-refractivity contribution is -0.117. The first kappa shape index (κ1) is 25.0. The van der Waals surface area contributed by atoms with E-state index in [-0.39, 0.29) is 22.9 Å². The maximum Gasteiger partial charge on any atom is 0.277 e. The van der Waals surface area contributed by atoms with Crippen molar-refractivity contribution in [2.75, 3.05) is 10.2 Å². The number of thioether (sulfide) groups is 1. The smallest absolute Gasteiger partial charge is 0.277 e. The second kappa shape index (κ2) is 11.6. The zero-order valence-corrected chi connectivity index (χ0v) is 21.3. The van der Waals surface area contributed by atoms with Gasteiger partial charge in [0.05, 0.1) is 16.5 Å². The molecule has 38 heavy (non-hydrogen) atoms. The Morgan fingerprint density at radius 1 is 0.763 bits per heavy atom. The summed E-state index contributed by atoms with van der Waals surface area (Å²) in [5.74, 6) is -0.116. The normalized spacial score (nSPS) is 11.5. The van der Waals surface area contributed by atoms with Gasteiger partial charge in [-0.1, -0.05) is 78.5 Å². The van der Waals surface area contributed by atoms with Gasteiger partial charge in [-0.2, -0.15) is 0 Å². The fraction of sp³-hybridized carbons (Fsp3) is 0.0667. The standard InChI is InChI=1S/C30H24N4O3S/c1-21(29(36)34(23-15-7-3-8-16-23)24-17-9-4-10-18-24)38-30-33-32-28(37-30)25-19-11-12-20-26(25)31-27(35)22-13-5-2-6-14-22/h2-21H,1H3,(H,31,35)/t21-/m0/s1. The number of hydrogen-bond donors (Lipinski definition) is 1. The van der Waals surface area contributed by atoms with Crippen LogP contribution in [-0.4, -0.2) is 27.3 Å². The van der Waals surface area contributed by atoms with Gasteiger partial charge in [0.15, 0.2) is 0 Å². The van der Waals surface area contributed by atoms with Crippen LogP contribution >= 0.6 is 11.8 Å². The fourth-order valence-electron chi connectivity index (χ4n) is 3.87. The molecule has 0 saturated carbocycles. The number of carbonyl (C=O) groups excluding carboxylic acids is 2. The van der Waals surface area contributed by atoms with Crippen molar-refractivity contribution in [3.8, 4) is 11.5 Å². The van der Waals surface area contributed by atoms with Crippen LogP contribution in [0.4, 0.5) is 17.1 Å². The van der Waals surface area contributed by atoms with E-state index in [1.165, 1.54) is 11.8 Å². The third-order valence-electron chi connectivity index (χ3n) is 5.72. The Morgan fingerprint density at radius 3 is 1.95 bits per heavy atom. The lowest BCUT2D eigenvalue weighted by Crippen LogP contribution is -2.32. The lowest BCUT2D eigenvalue weighted by Gasteiger charge is -2.25. The molecule has 4 aromatic carbocycles. The molecule has 0 spiro atoms. The first-order valence-electron chi connectivity index (χ1n) is 12.0. The average Bonchev–Trinajstić information content (AvgIpc) is 3.43. The fourth-order valence-corrected chi connectivity index (χ4v) is 4.59. The Hall–Kier alpha value is -4.69. The molecule has 0 radical (unpaired) electrons. The number of aromatic nitrogens is 2. The molecule has 1 N–H and O–H groups in total. The van der Waals surface area contributed by atoms with Crippen molar-refractivity contribution in [1.29, 1.82) is 0 Å². The van der Waals surface area contributed by atoms with E-state index in [1.54, 1.807) is 29.2 Å². The number of benzene rings is 4. The minimum absolute atomic E-state index is 0.123. The lowest BCUT2D eigenvalue weighted by atomic mass is 10.1. The van der Waals surface area contributed by atoms with E-state index >= 15 is 0 Å². The maximum absolute atomic E-state index is 13.6. The summed E-state index contributed by atoms with van der Waals surface area (Å²) in [6.45, 7) is 1.81. The molecule has 0 aliphatic rings. The van der Waals surface area contributed by atoms with Crippen molar-refractivity contribution in [2.24, 2.45) is 0 Å². The molecule has 0 aliphatic carbocycles. The van der Waals surface area contributed by atoms with Gasteiger partial charge >= 0.3 is 0 Å². The van der Waals surface area contributed by atoms with Crippen LogP contribution < -0.4 is 10.2 Å². The molecule has 7 nitrogen and oxygen atoms in total. The van der Waals surface area contributed by atoms with Gasteiger partial charge in [0.1, 0.15) is 0 Å².